The molecule has 0 aromatic rings. The monoisotopic (exact) mass is 182 g/mol. The second-order valence-corrected chi connectivity index (χ2v) is 3.74. The normalized spacial score (nSPS) is 23.5. The maximum atomic E-state index is 10.8. The van der Waals surface area contributed by atoms with Crippen LogP contribution in [-0.2, 0) is 24.1 Å². The Morgan fingerprint density at radius 1 is 1.64 bits per heavy atom. The highest BCUT2D eigenvalue weighted by atomic mass is 32.2. The molecule has 0 saturated carbocycles. The number of hydrogen-bond donors (Lipinski definition) is 0. The van der Waals surface area contributed by atoms with Crippen molar-refractivity contribution in [3.8, 4) is 0 Å². The van der Waals surface area contributed by atoms with Gasteiger partial charge in [-0.15, -0.1) is 4.33 Å². The molecule has 1 heterocycles. The van der Waals surface area contributed by atoms with Gasteiger partial charge in [0.05, 0.1) is 19.3 Å². The topological polar surface area (TPSA) is 65.1 Å². The van der Waals surface area contributed by atoms with Crippen molar-refractivity contribution in [1.29, 1.82) is 0 Å². The molecule has 1 unspecified atom stereocenters. The average Bonchev–Trinajstić information content (AvgIpc) is 2.67. The van der Waals surface area contributed by atoms with E-state index in [4.69, 9.17) is 4.74 Å². The predicted molar refractivity (Wildman–Crippen MR) is 36.2 cm³/mol. The summed E-state index contributed by atoms with van der Waals surface area (Å²) in [4.78, 5) is 4.28. The largest absolute Gasteiger partial charge is 0.372 e. The maximum Gasteiger partial charge on any atom is 0.296 e. The van der Waals surface area contributed by atoms with Gasteiger partial charge in [-0.25, -0.2) is 4.89 Å². The van der Waals surface area contributed by atoms with Crippen molar-refractivity contribution in [2.45, 2.75) is 13.0 Å². The van der Waals surface area contributed by atoms with Crippen LogP contribution < -0.4 is 0 Å². The third-order valence-corrected chi connectivity index (χ3v) is 2.15. The molecule has 6 heteroatoms. The molecule has 1 rings (SSSR count). The first-order valence-electron chi connectivity index (χ1n) is 3.29. The van der Waals surface area contributed by atoms with Crippen LogP contribution in [0.2, 0.25) is 0 Å². The quantitative estimate of drug-likeness (QED) is 0.331. The zero-order chi connectivity index (χ0) is 8.32. The van der Waals surface area contributed by atoms with Crippen molar-refractivity contribution >= 4 is 10.1 Å². The highest BCUT2D eigenvalue weighted by Crippen LogP contribution is 2.12. The van der Waals surface area contributed by atoms with Crippen LogP contribution in [0, 0.1) is 0 Å². The molecule has 66 valence electrons. The van der Waals surface area contributed by atoms with Gasteiger partial charge in [-0.2, -0.15) is 8.42 Å². The Balaban J connectivity index is 2.26. The molecule has 0 spiro atoms. The third-order valence-electron chi connectivity index (χ3n) is 1.06. The van der Waals surface area contributed by atoms with Gasteiger partial charge in [0.25, 0.3) is 10.1 Å². The molecule has 0 aromatic heterocycles. The van der Waals surface area contributed by atoms with Gasteiger partial charge in [-0.05, 0) is 6.92 Å². The highest BCUT2D eigenvalue weighted by molar-refractivity contribution is 7.86. The Hall–Kier alpha value is -0.170. The number of hydrogen-bond acceptors (Lipinski definition) is 5. The first-order chi connectivity index (χ1) is 5.14. The first-order valence-corrected chi connectivity index (χ1v) is 4.87. The molecule has 1 fully saturated rings. The van der Waals surface area contributed by atoms with Crippen LogP contribution >= 0.6 is 0 Å². The molecule has 1 aliphatic rings. The third kappa shape index (κ3) is 3.66. The standard InChI is InChI=1S/C5H10O5S/c1-2-9-10-11(6,7)4-5-3-8-5/h5H,2-4H2,1H3. The minimum Gasteiger partial charge on any atom is -0.372 e. The Labute approximate surface area is 65.3 Å². The summed E-state index contributed by atoms with van der Waals surface area (Å²) in [5.74, 6) is -0.118. The van der Waals surface area contributed by atoms with Crippen molar-refractivity contribution in [1.82, 2.24) is 0 Å². The van der Waals surface area contributed by atoms with E-state index in [2.05, 4.69) is 9.22 Å². The molecule has 0 N–H and O–H groups in total. The van der Waals surface area contributed by atoms with Crippen molar-refractivity contribution in [2.75, 3.05) is 19.0 Å². The van der Waals surface area contributed by atoms with E-state index in [0.717, 1.165) is 0 Å². The number of rotatable bonds is 5. The molecule has 0 aromatic carbocycles. The summed E-state index contributed by atoms with van der Waals surface area (Å²) in [6, 6.07) is 0. The highest BCUT2D eigenvalue weighted by Gasteiger charge is 2.30. The molecule has 11 heavy (non-hydrogen) atoms. The van der Waals surface area contributed by atoms with Gasteiger partial charge in [-0.3, -0.25) is 0 Å². The molecule has 1 atom stereocenters. The van der Waals surface area contributed by atoms with E-state index in [-0.39, 0.29) is 18.5 Å². The molecule has 1 saturated heterocycles. The van der Waals surface area contributed by atoms with Gasteiger partial charge in [0, 0.05) is 0 Å². The van der Waals surface area contributed by atoms with Crippen LogP contribution in [0.4, 0.5) is 0 Å². The van der Waals surface area contributed by atoms with Crippen LogP contribution in [0.3, 0.4) is 0 Å². The molecular weight excluding hydrogens is 172 g/mol. The summed E-state index contributed by atoms with van der Waals surface area (Å²) >= 11 is 0. The lowest BCUT2D eigenvalue weighted by Gasteiger charge is -1.99. The molecule has 0 bridgehead atoms. The fourth-order valence-corrected chi connectivity index (χ4v) is 1.49. The summed E-state index contributed by atoms with van der Waals surface area (Å²) in [6.45, 7) is 2.35. The lowest BCUT2D eigenvalue weighted by molar-refractivity contribution is -0.196. The Morgan fingerprint density at radius 3 is 2.73 bits per heavy atom. The van der Waals surface area contributed by atoms with Gasteiger partial charge >= 0.3 is 0 Å². The van der Waals surface area contributed by atoms with Crippen molar-refractivity contribution < 1.29 is 22.4 Å². The van der Waals surface area contributed by atoms with Gasteiger partial charge in [0.2, 0.25) is 0 Å². The minimum absolute atomic E-state index is 0.118. The van der Waals surface area contributed by atoms with Gasteiger partial charge in [0.1, 0.15) is 5.75 Å². The van der Waals surface area contributed by atoms with E-state index in [0.29, 0.717) is 6.61 Å². The SMILES string of the molecule is CCOOS(=O)(=O)CC1CO1. The molecule has 0 radical (unpaired) electrons. The summed E-state index contributed by atoms with van der Waals surface area (Å²) in [7, 11) is -3.53. The summed E-state index contributed by atoms with van der Waals surface area (Å²) < 4.78 is 30.5. The van der Waals surface area contributed by atoms with Crippen molar-refractivity contribution in [2.24, 2.45) is 0 Å². The predicted octanol–water partition coefficient (Wildman–Crippen LogP) is -0.317. The molecule has 1 aliphatic heterocycles. The zero-order valence-electron chi connectivity index (χ0n) is 6.15. The van der Waals surface area contributed by atoms with Crippen LogP contribution in [0.25, 0.3) is 0 Å². The van der Waals surface area contributed by atoms with Crippen LogP contribution in [-0.4, -0.2) is 33.5 Å². The fourth-order valence-electron chi connectivity index (χ4n) is 0.541. The van der Waals surface area contributed by atoms with Gasteiger partial charge in [-0.1, -0.05) is 0 Å². The maximum absolute atomic E-state index is 10.8. The van der Waals surface area contributed by atoms with E-state index < -0.39 is 10.1 Å². The van der Waals surface area contributed by atoms with Gasteiger partial charge < -0.3 is 4.74 Å². The van der Waals surface area contributed by atoms with Crippen molar-refractivity contribution in [3.63, 3.8) is 0 Å². The van der Waals surface area contributed by atoms with Crippen LogP contribution in [0.1, 0.15) is 6.92 Å². The Morgan fingerprint density at radius 2 is 2.27 bits per heavy atom. The smallest absolute Gasteiger partial charge is 0.296 e. The Kier molecular flexibility index (Phi) is 2.83. The summed E-state index contributed by atoms with van der Waals surface area (Å²) in [6.07, 6.45) is -0.194. The summed E-state index contributed by atoms with van der Waals surface area (Å²) in [5, 5.41) is 0. The van der Waals surface area contributed by atoms with E-state index in [9.17, 15) is 8.42 Å². The zero-order valence-corrected chi connectivity index (χ0v) is 6.96. The first kappa shape index (κ1) is 8.92. The molecular formula is C5H10O5S. The van der Waals surface area contributed by atoms with E-state index >= 15 is 0 Å². The van der Waals surface area contributed by atoms with E-state index in [1.807, 2.05) is 0 Å². The fraction of sp³-hybridized carbons (Fsp3) is 1.00. The average molecular weight is 182 g/mol. The van der Waals surface area contributed by atoms with Crippen LogP contribution in [0.5, 0.6) is 0 Å². The molecule has 0 aliphatic carbocycles. The Bertz CT molecular complexity index is 205. The number of ether oxygens (including phenoxy) is 1. The summed E-state index contributed by atoms with van der Waals surface area (Å²) in [5.41, 5.74) is 0. The van der Waals surface area contributed by atoms with Crippen molar-refractivity contribution in [3.05, 3.63) is 0 Å². The van der Waals surface area contributed by atoms with Gasteiger partial charge in [0.15, 0.2) is 0 Å². The van der Waals surface area contributed by atoms with E-state index in [1.165, 1.54) is 0 Å². The second-order valence-electron chi connectivity index (χ2n) is 2.15. The molecule has 0 amide bonds. The van der Waals surface area contributed by atoms with E-state index in [1.54, 1.807) is 6.92 Å². The lowest BCUT2D eigenvalue weighted by Crippen LogP contribution is -2.15. The molecule has 5 nitrogen and oxygen atoms in total. The number of epoxide rings is 1. The second kappa shape index (κ2) is 3.48. The minimum atomic E-state index is -3.53. The lowest BCUT2D eigenvalue weighted by atomic mass is 10.6. The van der Waals surface area contributed by atoms with Crippen LogP contribution in [0.15, 0.2) is 0 Å².